The van der Waals surface area contributed by atoms with Crippen LogP contribution in [0.5, 0.6) is 0 Å². The van der Waals surface area contributed by atoms with Gasteiger partial charge in [0.25, 0.3) is 0 Å². The van der Waals surface area contributed by atoms with Crippen molar-refractivity contribution in [3.63, 3.8) is 0 Å². The van der Waals surface area contributed by atoms with Crippen LogP contribution in [0.1, 0.15) is 24.8 Å². The third kappa shape index (κ3) is 2.91. The Labute approximate surface area is 163 Å². The van der Waals surface area contributed by atoms with Gasteiger partial charge in [-0.05, 0) is 31.4 Å². The topological polar surface area (TPSA) is 117 Å². The molecule has 0 saturated carbocycles. The molecule has 3 heterocycles. The van der Waals surface area contributed by atoms with E-state index in [2.05, 4.69) is 12.1 Å². The number of amides is 2. The fraction of sp³-hybridized carbons (Fsp3) is 0.500. The minimum atomic E-state index is -0.749. The van der Waals surface area contributed by atoms with Crippen molar-refractivity contribution in [2.24, 2.45) is 5.73 Å². The van der Waals surface area contributed by atoms with Crippen LogP contribution in [0.15, 0.2) is 24.3 Å². The Morgan fingerprint density at radius 2 is 2.11 bits per heavy atom. The van der Waals surface area contributed by atoms with Crippen molar-refractivity contribution in [1.29, 1.82) is 10.5 Å². The fourth-order valence-electron chi connectivity index (χ4n) is 4.67. The van der Waals surface area contributed by atoms with Crippen molar-refractivity contribution < 1.29 is 9.59 Å². The maximum absolute atomic E-state index is 12.9. The summed E-state index contributed by atoms with van der Waals surface area (Å²) in [6.07, 6.45) is 2.18. The average Bonchev–Trinajstić information content (AvgIpc) is 3.41. The number of carbonyl (C=O) groups is 2. The molecule has 0 aliphatic carbocycles. The quantitative estimate of drug-likeness (QED) is 0.799. The molecule has 2 N–H and O–H groups in total. The van der Waals surface area contributed by atoms with Gasteiger partial charge in [-0.1, -0.05) is 12.1 Å². The summed E-state index contributed by atoms with van der Waals surface area (Å²) in [6.45, 7) is 1.49. The molecule has 0 unspecified atom stereocenters. The van der Waals surface area contributed by atoms with Gasteiger partial charge in [-0.3, -0.25) is 14.5 Å². The summed E-state index contributed by atoms with van der Waals surface area (Å²) in [5.41, 5.74) is 7.29. The molecule has 1 aromatic rings. The SMILES string of the molecule is N#Cc1ccccc1N1C(=O)[C@@H]2C[C@H]1CN2C[C@H](N)C(=O)N1CCC[C@H]1C#N. The minimum absolute atomic E-state index is 0.0204. The molecule has 4 rings (SSSR count). The third-order valence-electron chi connectivity index (χ3n) is 5.99. The zero-order valence-corrected chi connectivity index (χ0v) is 15.5. The summed E-state index contributed by atoms with van der Waals surface area (Å²) in [6, 6.07) is 9.94. The van der Waals surface area contributed by atoms with Gasteiger partial charge in [-0.25, -0.2) is 0 Å². The second-order valence-corrected chi connectivity index (χ2v) is 7.62. The first-order valence-electron chi connectivity index (χ1n) is 9.57. The normalized spacial score (nSPS) is 27.7. The molecule has 8 nitrogen and oxygen atoms in total. The van der Waals surface area contributed by atoms with E-state index in [9.17, 15) is 20.1 Å². The van der Waals surface area contributed by atoms with E-state index in [-0.39, 0.29) is 23.9 Å². The number of hydrogen-bond donors (Lipinski definition) is 1. The summed E-state index contributed by atoms with van der Waals surface area (Å²) in [5, 5.41) is 18.5. The predicted octanol–water partition coefficient (Wildman–Crippen LogP) is 0.190. The maximum atomic E-state index is 12.9. The Hall–Kier alpha value is -2.94. The largest absolute Gasteiger partial charge is 0.325 e. The fourth-order valence-corrected chi connectivity index (χ4v) is 4.67. The van der Waals surface area contributed by atoms with E-state index in [0.717, 1.165) is 6.42 Å². The highest BCUT2D eigenvalue weighted by atomic mass is 16.2. The number of para-hydroxylation sites is 1. The molecule has 3 aliphatic heterocycles. The first kappa shape index (κ1) is 18.4. The van der Waals surface area contributed by atoms with E-state index in [1.54, 1.807) is 28.0 Å². The molecular formula is C20H22N6O2. The highest BCUT2D eigenvalue weighted by Gasteiger charge is 2.51. The molecule has 3 saturated heterocycles. The van der Waals surface area contributed by atoms with Crippen LogP contribution in [0.25, 0.3) is 0 Å². The lowest BCUT2D eigenvalue weighted by Crippen LogP contribution is -2.56. The number of carbonyl (C=O) groups excluding carboxylic acids is 2. The van der Waals surface area contributed by atoms with Crippen molar-refractivity contribution >= 4 is 17.5 Å². The molecule has 3 fully saturated rings. The number of rotatable bonds is 4. The molecule has 0 aromatic heterocycles. The lowest BCUT2D eigenvalue weighted by molar-refractivity contribution is -0.134. The molecule has 1 aromatic carbocycles. The summed E-state index contributed by atoms with van der Waals surface area (Å²) >= 11 is 0. The van der Waals surface area contributed by atoms with Crippen LogP contribution in [0.2, 0.25) is 0 Å². The lowest BCUT2D eigenvalue weighted by Gasteiger charge is -2.35. The van der Waals surface area contributed by atoms with E-state index in [1.807, 2.05) is 11.0 Å². The number of piperazine rings is 1. The summed E-state index contributed by atoms with van der Waals surface area (Å²) in [5.74, 6) is -0.263. The van der Waals surface area contributed by atoms with Gasteiger partial charge in [0.15, 0.2) is 0 Å². The summed E-state index contributed by atoms with van der Waals surface area (Å²) in [4.78, 5) is 30.9. The van der Waals surface area contributed by atoms with Crippen LogP contribution in [0.4, 0.5) is 5.69 Å². The Bertz CT molecular complexity index is 887. The standard InChI is InChI=1S/C20H22N6O2/c21-9-13-4-1-2-6-17(13)26-15-8-18(20(26)28)24(11-15)12-16(23)19(27)25-7-3-5-14(25)10-22/h1-2,4,6,14-16,18H,3,5,7-8,11-12,23H2/t14-,15-,16-,18-/m0/s1. The highest BCUT2D eigenvalue weighted by molar-refractivity contribution is 6.02. The van der Waals surface area contributed by atoms with Gasteiger partial charge in [0.2, 0.25) is 11.8 Å². The molecule has 0 spiro atoms. The van der Waals surface area contributed by atoms with E-state index in [0.29, 0.717) is 43.7 Å². The molecule has 2 bridgehead atoms. The van der Waals surface area contributed by atoms with Gasteiger partial charge >= 0.3 is 0 Å². The summed E-state index contributed by atoms with van der Waals surface area (Å²) < 4.78 is 0. The van der Waals surface area contributed by atoms with Gasteiger partial charge < -0.3 is 15.5 Å². The van der Waals surface area contributed by atoms with Crippen molar-refractivity contribution in [3.05, 3.63) is 29.8 Å². The number of likely N-dealkylation sites (tertiary alicyclic amines) is 2. The Kier molecular flexibility index (Phi) is 4.76. The van der Waals surface area contributed by atoms with Gasteiger partial charge in [0.1, 0.15) is 12.1 Å². The smallest absolute Gasteiger partial charge is 0.244 e. The van der Waals surface area contributed by atoms with Crippen LogP contribution in [0, 0.1) is 22.7 Å². The molecule has 28 heavy (non-hydrogen) atoms. The average molecular weight is 378 g/mol. The molecule has 3 aliphatic rings. The predicted molar refractivity (Wildman–Crippen MR) is 101 cm³/mol. The molecule has 4 atom stereocenters. The molecular weight excluding hydrogens is 356 g/mol. The number of anilines is 1. The van der Waals surface area contributed by atoms with Crippen LogP contribution in [-0.2, 0) is 9.59 Å². The monoisotopic (exact) mass is 378 g/mol. The number of fused-ring (bicyclic) bond motifs is 2. The number of nitriles is 2. The van der Waals surface area contributed by atoms with Gasteiger partial charge in [-0.15, -0.1) is 0 Å². The van der Waals surface area contributed by atoms with Crippen LogP contribution in [-0.4, -0.2) is 65.4 Å². The molecule has 0 radical (unpaired) electrons. The molecule has 144 valence electrons. The number of hydrogen-bond acceptors (Lipinski definition) is 6. The van der Waals surface area contributed by atoms with E-state index in [4.69, 9.17) is 5.73 Å². The first-order valence-corrected chi connectivity index (χ1v) is 9.57. The Balaban J connectivity index is 1.44. The van der Waals surface area contributed by atoms with E-state index in [1.165, 1.54) is 0 Å². The summed E-state index contributed by atoms with van der Waals surface area (Å²) in [7, 11) is 0. The molecule has 8 heteroatoms. The zero-order chi connectivity index (χ0) is 19.8. The van der Waals surface area contributed by atoms with Crippen LogP contribution < -0.4 is 10.6 Å². The van der Waals surface area contributed by atoms with Crippen molar-refractivity contribution in [1.82, 2.24) is 9.80 Å². The van der Waals surface area contributed by atoms with E-state index < -0.39 is 12.1 Å². The Morgan fingerprint density at radius 3 is 2.82 bits per heavy atom. The van der Waals surface area contributed by atoms with Crippen molar-refractivity contribution in [3.8, 4) is 12.1 Å². The number of nitrogens with zero attached hydrogens (tertiary/aromatic N) is 5. The van der Waals surface area contributed by atoms with Gasteiger partial charge in [0, 0.05) is 19.6 Å². The van der Waals surface area contributed by atoms with Gasteiger partial charge in [0.05, 0.1) is 35.4 Å². The Morgan fingerprint density at radius 1 is 1.32 bits per heavy atom. The number of nitrogens with two attached hydrogens (primary N) is 1. The number of benzene rings is 1. The zero-order valence-electron chi connectivity index (χ0n) is 15.5. The lowest BCUT2D eigenvalue weighted by atomic mass is 10.1. The van der Waals surface area contributed by atoms with Crippen LogP contribution in [0.3, 0.4) is 0 Å². The molecule has 2 amide bonds. The van der Waals surface area contributed by atoms with Crippen molar-refractivity contribution in [2.45, 2.75) is 43.4 Å². The highest BCUT2D eigenvalue weighted by Crippen LogP contribution is 2.37. The second kappa shape index (κ2) is 7.23. The first-order chi connectivity index (χ1) is 13.5. The van der Waals surface area contributed by atoms with Crippen molar-refractivity contribution in [2.75, 3.05) is 24.5 Å². The van der Waals surface area contributed by atoms with Crippen LogP contribution >= 0.6 is 0 Å². The maximum Gasteiger partial charge on any atom is 0.244 e. The van der Waals surface area contributed by atoms with E-state index >= 15 is 0 Å². The second-order valence-electron chi connectivity index (χ2n) is 7.62. The third-order valence-corrected chi connectivity index (χ3v) is 5.99. The minimum Gasteiger partial charge on any atom is -0.325 e. The van der Waals surface area contributed by atoms with Gasteiger partial charge in [-0.2, -0.15) is 10.5 Å².